The minimum absolute atomic E-state index is 0.0878. The predicted molar refractivity (Wildman–Crippen MR) is 136 cm³/mol. The van der Waals surface area contributed by atoms with Crippen LogP contribution >= 0.6 is 0 Å². The molecular formula is C27H30N4O4. The van der Waals surface area contributed by atoms with E-state index in [1.807, 2.05) is 6.07 Å². The van der Waals surface area contributed by atoms with Gasteiger partial charge < -0.3 is 20.7 Å². The number of phenolic OH excluding ortho intramolecular Hbond substituents is 1. The summed E-state index contributed by atoms with van der Waals surface area (Å²) in [5.41, 5.74) is 12.5. The minimum Gasteiger partial charge on any atom is -0.506 e. The van der Waals surface area contributed by atoms with Crippen LogP contribution in [0.4, 0.5) is 5.69 Å². The van der Waals surface area contributed by atoms with Crippen LogP contribution in [-0.4, -0.2) is 46.9 Å². The molecule has 0 spiro atoms. The molecule has 0 saturated heterocycles. The standard InChI is InChI=1S/C27H30N4O4/c1-18(32)24-15-23(35-13-12-31-11-10-19-4-2-3-5-22(19)17-31)8-6-21(24)16-29-30-27(34)20-7-9-26(33)25(28)14-20/h2-9,14-16,18,32-33H,10-13,17,28H2,1H3,(H,30,34)/b29-16+. The molecule has 0 aliphatic carbocycles. The number of nitrogens with one attached hydrogen (secondary N) is 1. The number of fused-ring (bicyclic) bond motifs is 1. The number of aliphatic hydroxyl groups excluding tert-OH is 1. The summed E-state index contributed by atoms with van der Waals surface area (Å²) < 4.78 is 5.96. The Hall–Kier alpha value is -3.88. The second-order valence-corrected chi connectivity index (χ2v) is 8.58. The fraction of sp³-hybridized carbons (Fsp3) is 0.259. The Morgan fingerprint density at radius 1 is 1.20 bits per heavy atom. The summed E-state index contributed by atoms with van der Waals surface area (Å²) in [6, 6.07) is 18.1. The highest BCUT2D eigenvalue weighted by Crippen LogP contribution is 2.24. The first-order valence-corrected chi connectivity index (χ1v) is 11.6. The van der Waals surface area contributed by atoms with Crippen molar-refractivity contribution < 1.29 is 19.7 Å². The Bertz CT molecular complexity index is 1230. The van der Waals surface area contributed by atoms with Crippen LogP contribution in [0.5, 0.6) is 11.5 Å². The SMILES string of the molecule is CC(O)c1cc(OCCN2CCc3ccccc3C2)ccc1/C=N/NC(=O)c1ccc(O)c(N)c1. The number of nitrogens with zero attached hydrogens (tertiary/aromatic N) is 2. The molecule has 0 fully saturated rings. The van der Waals surface area contributed by atoms with Crippen LogP contribution in [0, 0.1) is 0 Å². The predicted octanol–water partition coefficient (Wildman–Crippen LogP) is 3.23. The molecular weight excluding hydrogens is 444 g/mol. The normalized spacial score (nSPS) is 14.5. The van der Waals surface area contributed by atoms with Crippen molar-refractivity contribution in [2.75, 3.05) is 25.4 Å². The van der Waals surface area contributed by atoms with Gasteiger partial charge in [-0.2, -0.15) is 5.10 Å². The van der Waals surface area contributed by atoms with Gasteiger partial charge in [-0.05, 0) is 66.4 Å². The van der Waals surface area contributed by atoms with E-state index in [9.17, 15) is 15.0 Å². The molecule has 4 rings (SSSR count). The molecule has 1 atom stereocenters. The lowest BCUT2D eigenvalue weighted by molar-refractivity contribution is 0.0955. The first-order chi connectivity index (χ1) is 16.9. The van der Waals surface area contributed by atoms with Gasteiger partial charge >= 0.3 is 0 Å². The molecule has 0 radical (unpaired) electrons. The number of ether oxygens (including phenoxy) is 1. The van der Waals surface area contributed by atoms with E-state index in [0.717, 1.165) is 26.1 Å². The average molecular weight is 475 g/mol. The zero-order chi connectivity index (χ0) is 24.8. The molecule has 3 aromatic carbocycles. The molecule has 35 heavy (non-hydrogen) atoms. The third kappa shape index (κ3) is 6.17. The molecule has 182 valence electrons. The number of aliphatic hydroxyl groups is 1. The van der Waals surface area contributed by atoms with Crippen LogP contribution in [0.2, 0.25) is 0 Å². The molecule has 1 unspecified atom stereocenters. The summed E-state index contributed by atoms with van der Waals surface area (Å²) in [7, 11) is 0. The Balaban J connectivity index is 1.33. The highest BCUT2D eigenvalue weighted by atomic mass is 16.5. The number of nitrogen functional groups attached to an aromatic ring is 1. The van der Waals surface area contributed by atoms with Gasteiger partial charge in [0.15, 0.2) is 0 Å². The quantitative estimate of drug-likeness (QED) is 0.172. The summed E-state index contributed by atoms with van der Waals surface area (Å²) in [4.78, 5) is 14.6. The molecule has 8 nitrogen and oxygen atoms in total. The van der Waals surface area contributed by atoms with Crippen LogP contribution < -0.4 is 15.9 Å². The van der Waals surface area contributed by atoms with Gasteiger partial charge in [0, 0.05) is 30.8 Å². The number of phenols is 1. The van der Waals surface area contributed by atoms with E-state index >= 15 is 0 Å². The second kappa shape index (κ2) is 11.0. The molecule has 1 aliphatic rings. The van der Waals surface area contributed by atoms with Crippen molar-refractivity contribution in [3.63, 3.8) is 0 Å². The Kier molecular flexibility index (Phi) is 7.64. The molecule has 0 bridgehead atoms. The number of hydrogen-bond acceptors (Lipinski definition) is 7. The summed E-state index contributed by atoms with van der Waals surface area (Å²) in [5, 5.41) is 23.7. The topological polar surface area (TPSA) is 120 Å². The van der Waals surface area contributed by atoms with E-state index in [0.29, 0.717) is 23.5 Å². The lowest BCUT2D eigenvalue weighted by Gasteiger charge is -2.28. The van der Waals surface area contributed by atoms with Gasteiger partial charge in [0.2, 0.25) is 0 Å². The summed E-state index contributed by atoms with van der Waals surface area (Å²) in [6.07, 6.45) is 1.78. The Labute approximate surface area is 204 Å². The smallest absolute Gasteiger partial charge is 0.271 e. The van der Waals surface area contributed by atoms with E-state index in [1.165, 1.54) is 35.5 Å². The zero-order valence-electron chi connectivity index (χ0n) is 19.6. The molecule has 1 aliphatic heterocycles. The van der Waals surface area contributed by atoms with Crippen molar-refractivity contribution in [3.8, 4) is 11.5 Å². The third-order valence-corrected chi connectivity index (χ3v) is 6.05. The van der Waals surface area contributed by atoms with E-state index in [-0.39, 0.29) is 17.0 Å². The maximum Gasteiger partial charge on any atom is 0.271 e. The lowest BCUT2D eigenvalue weighted by atomic mass is 10.0. The Morgan fingerprint density at radius 3 is 2.77 bits per heavy atom. The zero-order valence-corrected chi connectivity index (χ0v) is 19.6. The number of hydrazone groups is 1. The van der Waals surface area contributed by atoms with Gasteiger partial charge in [-0.25, -0.2) is 5.43 Å². The maximum absolute atomic E-state index is 12.3. The fourth-order valence-corrected chi connectivity index (χ4v) is 4.08. The van der Waals surface area contributed by atoms with Crippen molar-refractivity contribution in [2.24, 2.45) is 5.10 Å². The van der Waals surface area contributed by atoms with Gasteiger partial charge in [0.1, 0.15) is 18.1 Å². The number of aromatic hydroxyl groups is 1. The first kappa shape index (κ1) is 24.3. The van der Waals surface area contributed by atoms with Gasteiger partial charge in [0.05, 0.1) is 18.0 Å². The number of benzene rings is 3. The van der Waals surface area contributed by atoms with Gasteiger partial charge in [-0.1, -0.05) is 24.3 Å². The number of nitrogens with two attached hydrogens (primary N) is 1. The van der Waals surface area contributed by atoms with E-state index in [1.54, 1.807) is 19.1 Å². The first-order valence-electron chi connectivity index (χ1n) is 11.6. The number of rotatable bonds is 8. The van der Waals surface area contributed by atoms with Gasteiger partial charge in [-0.15, -0.1) is 0 Å². The fourth-order valence-electron chi connectivity index (χ4n) is 4.08. The van der Waals surface area contributed by atoms with Crippen LogP contribution in [0.1, 0.15) is 45.6 Å². The highest BCUT2D eigenvalue weighted by Gasteiger charge is 2.16. The van der Waals surface area contributed by atoms with Crippen molar-refractivity contribution in [1.82, 2.24) is 10.3 Å². The summed E-state index contributed by atoms with van der Waals surface area (Å²) >= 11 is 0. The maximum atomic E-state index is 12.3. The molecule has 0 aromatic heterocycles. The molecule has 1 amide bonds. The molecule has 5 N–H and O–H groups in total. The lowest BCUT2D eigenvalue weighted by Crippen LogP contribution is -2.33. The van der Waals surface area contributed by atoms with Crippen LogP contribution in [0.25, 0.3) is 0 Å². The van der Waals surface area contributed by atoms with Crippen molar-refractivity contribution >= 4 is 17.8 Å². The van der Waals surface area contributed by atoms with Crippen LogP contribution in [0.15, 0.2) is 65.8 Å². The minimum atomic E-state index is -0.744. The summed E-state index contributed by atoms with van der Waals surface area (Å²) in [5.74, 6) is 0.112. The number of anilines is 1. The van der Waals surface area contributed by atoms with Crippen molar-refractivity contribution in [2.45, 2.75) is 26.0 Å². The molecule has 8 heteroatoms. The van der Waals surface area contributed by atoms with E-state index < -0.39 is 12.0 Å². The van der Waals surface area contributed by atoms with Gasteiger partial charge in [0.25, 0.3) is 5.91 Å². The average Bonchev–Trinajstić information content (AvgIpc) is 2.86. The number of carbonyl (C=O) groups is 1. The largest absolute Gasteiger partial charge is 0.506 e. The van der Waals surface area contributed by atoms with Gasteiger partial charge in [-0.3, -0.25) is 9.69 Å². The Morgan fingerprint density at radius 2 is 2.00 bits per heavy atom. The van der Waals surface area contributed by atoms with Crippen molar-refractivity contribution in [3.05, 3.63) is 88.5 Å². The molecule has 0 saturated carbocycles. The third-order valence-electron chi connectivity index (χ3n) is 6.05. The second-order valence-electron chi connectivity index (χ2n) is 8.58. The van der Waals surface area contributed by atoms with E-state index in [4.69, 9.17) is 10.5 Å². The molecule has 3 aromatic rings. The van der Waals surface area contributed by atoms with E-state index in [2.05, 4.69) is 39.7 Å². The van der Waals surface area contributed by atoms with Crippen molar-refractivity contribution in [1.29, 1.82) is 0 Å². The number of hydrogen-bond donors (Lipinski definition) is 4. The summed E-state index contributed by atoms with van der Waals surface area (Å²) in [6.45, 7) is 4.96. The van der Waals surface area contributed by atoms with Crippen LogP contribution in [-0.2, 0) is 13.0 Å². The molecule has 1 heterocycles. The number of carbonyl (C=O) groups excluding carboxylic acids is 1. The number of amides is 1. The van der Waals surface area contributed by atoms with Crippen LogP contribution in [0.3, 0.4) is 0 Å². The highest BCUT2D eigenvalue weighted by molar-refractivity contribution is 5.96. The monoisotopic (exact) mass is 474 g/mol.